The standard InChI is InChI=1S/C12H13BrCl3NO2S/c13-9-4-10(15)12(11(16)5-9)20(18,19)17-3-1-2-8(6-14)7-17/h4-5,8H,1-3,6-7H2. The Kier molecular flexibility index (Phi) is 5.65. The van der Waals surface area contributed by atoms with E-state index in [-0.39, 0.29) is 20.9 Å². The maximum Gasteiger partial charge on any atom is 0.246 e. The van der Waals surface area contributed by atoms with Crippen molar-refractivity contribution in [2.24, 2.45) is 5.92 Å². The highest BCUT2D eigenvalue weighted by Gasteiger charge is 2.33. The topological polar surface area (TPSA) is 37.4 Å². The van der Waals surface area contributed by atoms with Gasteiger partial charge in [-0.2, -0.15) is 4.31 Å². The van der Waals surface area contributed by atoms with Crippen LogP contribution in [0.25, 0.3) is 0 Å². The number of hydrogen-bond donors (Lipinski definition) is 0. The Morgan fingerprint density at radius 2 is 1.90 bits per heavy atom. The summed E-state index contributed by atoms with van der Waals surface area (Å²) in [5.41, 5.74) is 0. The SMILES string of the molecule is O=S(=O)(c1c(Cl)cc(Br)cc1Cl)N1CCCC(CCl)C1. The molecule has 1 unspecified atom stereocenters. The summed E-state index contributed by atoms with van der Waals surface area (Å²) >= 11 is 21.2. The van der Waals surface area contributed by atoms with Gasteiger partial charge in [-0.3, -0.25) is 0 Å². The van der Waals surface area contributed by atoms with E-state index in [9.17, 15) is 8.42 Å². The number of benzene rings is 1. The maximum atomic E-state index is 12.7. The Labute approximate surface area is 142 Å². The highest BCUT2D eigenvalue weighted by molar-refractivity contribution is 9.10. The average molecular weight is 422 g/mol. The number of hydrogen-bond acceptors (Lipinski definition) is 2. The molecule has 0 bridgehead atoms. The Balaban J connectivity index is 2.40. The second-order valence-electron chi connectivity index (χ2n) is 4.72. The van der Waals surface area contributed by atoms with Crippen LogP contribution in [0.2, 0.25) is 10.0 Å². The number of halogens is 4. The first-order valence-corrected chi connectivity index (χ1v) is 9.59. The quantitative estimate of drug-likeness (QED) is 0.679. The third kappa shape index (κ3) is 3.45. The van der Waals surface area contributed by atoms with Crippen molar-refractivity contribution < 1.29 is 8.42 Å². The summed E-state index contributed by atoms with van der Waals surface area (Å²) in [5, 5.41) is 0.245. The zero-order chi connectivity index (χ0) is 14.9. The van der Waals surface area contributed by atoms with Crippen LogP contribution in [-0.2, 0) is 10.0 Å². The van der Waals surface area contributed by atoms with Crippen molar-refractivity contribution in [2.75, 3.05) is 19.0 Å². The molecule has 3 nitrogen and oxygen atoms in total. The number of piperidine rings is 1. The van der Waals surface area contributed by atoms with E-state index in [0.29, 0.717) is 23.4 Å². The van der Waals surface area contributed by atoms with Gasteiger partial charge in [0.25, 0.3) is 0 Å². The van der Waals surface area contributed by atoms with Crippen LogP contribution in [0.5, 0.6) is 0 Å². The molecule has 1 aromatic carbocycles. The molecule has 8 heteroatoms. The first-order chi connectivity index (χ1) is 9.36. The van der Waals surface area contributed by atoms with Gasteiger partial charge in [-0.1, -0.05) is 39.1 Å². The monoisotopic (exact) mass is 419 g/mol. The molecule has 0 aliphatic carbocycles. The third-order valence-corrected chi connectivity index (χ3v) is 6.94. The summed E-state index contributed by atoms with van der Waals surface area (Å²) in [4.78, 5) is -0.0285. The van der Waals surface area contributed by atoms with E-state index < -0.39 is 10.0 Å². The number of alkyl halides is 1. The summed E-state index contributed by atoms with van der Waals surface area (Å²) < 4.78 is 27.5. The van der Waals surface area contributed by atoms with Gasteiger partial charge in [0.2, 0.25) is 10.0 Å². The molecular formula is C12H13BrCl3NO2S. The normalized spacial score (nSPS) is 21.1. The van der Waals surface area contributed by atoms with E-state index in [1.807, 2.05) is 0 Å². The van der Waals surface area contributed by atoms with Gasteiger partial charge < -0.3 is 0 Å². The van der Waals surface area contributed by atoms with E-state index in [2.05, 4.69) is 15.9 Å². The maximum absolute atomic E-state index is 12.7. The third-order valence-electron chi connectivity index (χ3n) is 3.26. The minimum Gasteiger partial charge on any atom is -0.207 e. The molecule has 1 saturated heterocycles. The van der Waals surface area contributed by atoms with Crippen LogP contribution in [-0.4, -0.2) is 31.7 Å². The molecular weight excluding hydrogens is 408 g/mol. The Morgan fingerprint density at radius 1 is 1.30 bits per heavy atom. The summed E-state index contributed by atoms with van der Waals surface area (Å²) in [6, 6.07) is 3.06. The smallest absolute Gasteiger partial charge is 0.207 e. The fourth-order valence-corrected chi connectivity index (χ4v) is 5.97. The highest BCUT2D eigenvalue weighted by Crippen LogP contribution is 2.36. The second kappa shape index (κ2) is 6.71. The largest absolute Gasteiger partial charge is 0.246 e. The average Bonchev–Trinajstić information content (AvgIpc) is 2.37. The van der Waals surface area contributed by atoms with Gasteiger partial charge in [0, 0.05) is 23.4 Å². The summed E-state index contributed by atoms with van der Waals surface area (Å²) in [6.45, 7) is 0.882. The molecule has 0 spiro atoms. The Hall–Kier alpha value is 0.480. The summed E-state index contributed by atoms with van der Waals surface area (Å²) in [5.74, 6) is 0.626. The molecule has 0 saturated carbocycles. The lowest BCUT2D eigenvalue weighted by molar-refractivity contribution is 0.283. The van der Waals surface area contributed by atoms with Gasteiger partial charge >= 0.3 is 0 Å². The zero-order valence-corrected chi connectivity index (χ0v) is 15.1. The van der Waals surface area contributed by atoms with Crippen LogP contribution in [0.3, 0.4) is 0 Å². The van der Waals surface area contributed by atoms with Crippen molar-refractivity contribution in [3.63, 3.8) is 0 Å². The molecule has 1 heterocycles. The molecule has 1 aliphatic rings. The van der Waals surface area contributed by atoms with E-state index in [1.165, 1.54) is 16.4 Å². The van der Waals surface area contributed by atoms with Crippen molar-refractivity contribution in [3.8, 4) is 0 Å². The molecule has 1 fully saturated rings. The molecule has 0 aromatic heterocycles. The second-order valence-corrected chi connectivity index (χ2v) is 8.64. The molecule has 1 aromatic rings. The summed E-state index contributed by atoms with van der Waals surface area (Å²) in [6.07, 6.45) is 1.74. The number of rotatable bonds is 3. The molecule has 1 atom stereocenters. The minimum atomic E-state index is -3.69. The van der Waals surface area contributed by atoms with E-state index in [4.69, 9.17) is 34.8 Å². The van der Waals surface area contributed by atoms with Gasteiger partial charge in [0.1, 0.15) is 4.90 Å². The van der Waals surface area contributed by atoms with Gasteiger partial charge in [-0.15, -0.1) is 11.6 Å². The molecule has 0 N–H and O–H groups in total. The van der Waals surface area contributed by atoms with Crippen LogP contribution in [0.15, 0.2) is 21.5 Å². The molecule has 0 radical (unpaired) electrons. The first kappa shape index (κ1) is 16.8. The number of sulfonamides is 1. The Bertz CT molecular complexity index is 586. The molecule has 20 heavy (non-hydrogen) atoms. The van der Waals surface area contributed by atoms with Crippen LogP contribution in [0, 0.1) is 5.92 Å². The molecule has 112 valence electrons. The predicted molar refractivity (Wildman–Crippen MR) is 86.4 cm³/mol. The van der Waals surface area contributed by atoms with Crippen LogP contribution >= 0.6 is 50.7 Å². The molecule has 2 rings (SSSR count). The van der Waals surface area contributed by atoms with E-state index in [1.54, 1.807) is 0 Å². The lowest BCUT2D eigenvalue weighted by atomic mass is 10.0. The van der Waals surface area contributed by atoms with Crippen LogP contribution in [0.1, 0.15) is 12.8 Å². The van der Waals surface area contributed by atoms with Crippen molar-refractivity contribution >= 4 is 60.8 Å². The van der Waals surface area contributed by atoms with Crippen LogP contribution < -0.4 is 0 Å². The molecule has 1 aliphatic heterocycles. The predicted octanol–water partition coefficient (Wildman–Crippen LogP) is 4.40. The van der Waals surface area contributed by atoms with Gasteiger partial charge in [-0.05, 0) is 30.9 Å². The van der Waals surface area contributed by atoms with Crippen molar-refractivity contribution in [2.45, 2.75) is 17.7 Å². The lowest BCUT2D eigenvalue weighted by Gasteiger charge is -2.31. The first-order valence-electron chi connectivity index (χ1n) is 6.07. The highest BCUT2D eigenvalue weighted by atomic mass is 79.9. The minimum absolute atomic E-state index is 0.0285. The van der Waals surface area contributed by atoms with Crippen molar-refractivity contribution in [1.82, 2.24) is 4.31 Å². The summed E-state index contributed by atoms with van der Waals surface area (Å²) in [7, 11) is -3.69. The fraction of sp³-hybridized carbons (Fsp3) is 0.500. The zero-order valence-electron chi connectivity index (χ0n) is 10.5. The van der Waals surface area contributed by atoms with E-state index >= 15 is 0 Å². The van der Waals surface area contributed by atoms with Gasteiger partial charge in [0.05, 0.1) is 10.0 Å². The van der Waals surface area contributed by atoms with Crippen LogP contribution in [0.4, 0.5) is 0 Å². The lowest BCUT2D eigenvalue weighted by Crippen LogP contribution is -2.40. The van der Waals surface area contributed by atoms with Crippen molar-refractivity contribution in [1.29, 1.82) is 0 Å². The number of nitrogens with zero attached hydrogens (tertiary/aromatic N) is 1. The van der Waals surface area contributed by atoms with Crippen molar-refractivity contribution in [3.05, 3.63) is 26.7 Å². The molecule has 0 amide bonds. The van der Waals surface area contributed by atoms with Gasteiger partial charge in [-0.25, -0.2) is 8.42 Å². The van der Waals surface area contributed by atoms with Gasteiger partial charge in [0.15, 0.2) is 0 Å². The Morgan fingerprint density at radius 3 is 2.45 bits per heavy atom. The van der Waals surface area contributed by atoms with E-state index in [0.717, 1.165) is 12.8 Å². The fourth-order valence-electron chi connectivity index (χ4n) is 2.28.